The summed E-state index contributed by atoms with van der Waals surface area (Å²) >= 11 is 0. The largest absolute Gasteiger partial charge is 0.479 e. The molecule has 1 saturated heterocycles. The number of rotatable bonds is 5. The summed E-state index contributed by atoms with van der Waals surface area (Å²) in [6, 6.07) is 0.317. The molecule has 2 atom stereocenters. The first-order chi connectivity index (χ1) is 9.49. The van der Waals surface area contributed by atoms with Gasteiger partial charge >= 0.3 is 5.97 Å². The third-order valence-corrected chi connectivity index (χ3v) is 4.18. The number of hydrogen-bond donors (Lipinski definition) is 1. The van der Waals surface area contributed by atoms with E-state index in [-0.39, 0.29) is 5.91 Å². The first-order valence-electron chi connectivity index (χ1n) is 7.67. The number of carbonyl (C=O) groups is 2. The first kappa shape index (κ1) is 15.3. The molecule has 1 N–H and O–H groups in total. The number of hydrogen-bond acceptors (Lipinski definition) is 3. The average Bonchev–Trinajstić information content (AvgIpc) is 3.05. The number of carbonyl (C=O) groups excluding carboxylic acids is 1. The Hall–Kier alpha value is -1.10. The van der Waals surface area contributed by atoms with Crippen molar-refractivity contribution in [1.82, 2.24) is 4.90 Å². The second-order valence-corrected chi connectivity index (χ2v) is 6.35. The van der Waals surface area contributed by atoms with Crippen LogP contribution in [-0.2, 0) is 14.3 Å². The van der Waals surface area contributed by atoms with E-state index in [1.54, 1.807) is 0 Å². The first-order valence-corrected chi connectivity index (χ1v) is 7.67. The Labute approximate surface area is 120 Å². The Morgan fingerprint density at radius 3 is 2.25 bits per heavy atom. The van der Waals surface area contributed by atoms with Gasteiger partial charge in [0.25, 0.3) is 5.91 Å². The second kappa shape index (κ2) is 6.57. The summed E-state index contributed by atoms with van der Waals surface area (Å²) < 4.78 is 5.42. The molecule has 0 bridgehead atoms. The van der Waals surface area contributed by atoms with Crippen molar-refractivity contribution in [2.24, 2.45) is 5.92 Å². The van der Waals surface area contributed by atoms with Crippen LogP contribution in [0.2, 0.25) is 0 Å². The summed E-state index contributed by atoms with van der Waals surface area (Å²) in [6.45, 7) is 4.94. The summed E-state index contributed by atoms with van der Waals surface area (Å²) in [5, 5.41) is 8.96. The van der Waals surface area contributed by atoms with Crippen LogP contribution in [-0.4, -0.2) is 46.7 Å². The second-order valence-electron chi connectivity index (χ2n) is 6.35. The van der Waals surface area contributed by atoms with Crippen molar-refractivity contribution in [3.05, 3.63) is 0 Å². The summed E-state index contributed by atoms with van der Waals surface area (Å²) in [6.07, 6.45) is 4.07. The van der Waals surface area contributed by atoms with Gasteiger partial charge in [-0.15, -0.1) is 0 Å². The Balaban J connectivity index is 2.01. The molecule has 5 nitrogen and oxygen atoms in total. The summed E-state index contributed by atoms with van der Waals surface area (Å²) in [7, 11) is 0. The van der Waals surface area contributed by atoms with Crippen LogP contribution < -0.4 is 0 Å². The minimum Gasteiger partial charge on any atom is -0.479 e. The molecule has 2 aliphatic rings. The molecule has 0 spiro atoms. The fourth-order valence-electron chi connectivity index (χ4n) is 3.21. The lowest BCUT2D eigenvalue weighted by molar-refractivity contribution is -0.156. The van der Waals surface area contributed by atoms with E-state index in [9.17, 15) is 9.59 Å². The molecule has 5 heteroatoms. The van der Waals surface area contributed by atoms with Gasteiger partial charge in [0.15, 0.2) is 6.10 Å². The lowest BCUT2D eigenvalue weighted by atomic mass is 10.1. The van der Waals surface area contributed by atoms with Crippen molar-refractivity contribution < 1.29 is 19.4 Å². The normalized spacial score (nSPS) is 27.1. The molecule has 0 radical (unpaired) electrons. The van der Waals surface area contributed by atoms with Crippen molar-refractivity contribution in [3.8, 4) is 0 Å². The Morgan fingerprint density at radius 1 is 1.15 bits per heavy atom. The fourth-order valence-corrected chi connectivity index (χ4v) is 3.21. The van der Waals surface area contributed by atoms with E-state index in [0.717, 1.165) is 19.4 Å². The minimum atomic E-state index is -0.962. The number of carboxylic acids is 1. The smallest absolute Gasteiger partial charge is 0.332 e. The Bertz CT molecular complexity index is 363. The van der Waals surface area contributed by atoms with Gasteiger partial charge in [0.2, 0.25) is 0 Å². The molecule has 1 saturated carbocycles. The molecule has 1 amide bonds. The van der Waals surface area contributed by atoms with Gasteiger partial charge in [0.1, 0.15) is 6.10 Å². The molecule has 0 aromatic heterocycles. The fraction of sp³-hybridized carbons (Fsp3) is 0.867. The van der Waals surface area contributed by atoms with E-state index in [2.05, 4.69) is 13.8 Å². The molecule has 2 fully saturated rings. The number of carboxylic acid groups (broad SMARTS) is 1. The zero-order valence-electron chi connectivity index (χ0n) is 12.4. The predicted molar refractivity (Wildman–Crippen MR) is 74.3 cm³/mol. The molecule has 2 rings (SSSR count). The van der Waals surface area contributed by atoms with Crippen LogP contribution >= 0.6 is 0 Å². The van der Waals surface area contributed by atoms with Gasteiger partial charge in [0.05, 0.1) is 0 Å². The van der Waals surface area contributed by atoms with Gasteiger partial charge < -0.3 is 14.7 Å². The molecule has 20 heavy (non-hydrogen) atoms. The van der Waals surface area contributed by atoms with Gasteiger partial charge in [-0.3, -0.25) is 4.79 Å². The number of nitrogens with zero attached hydrogens (tertiary/aromatic N) is 1. The SMILES string of the molecule is CC(C)CN(C(=O)C1CCC(C(=O)O)O1)C1CCCC1. The zero-order valence-corrected chi connectivity index (χ0v) is 12.4. The molecule has 2 unspecified atom stereocenters. The Kier molecular flexibility index (Phi) is 5.02. The molecular weight excluding hydrogens is 258 g/mol. The molecule has 1 heterocycles. The lowest BCUT2D eigenvalue weighted by Crippen LogP contribution is -2.46. The van der Waals surface area contributed by atoms with Crippen LogP contribution in [0.15, 0.2) is 0 Å². The van der Waals surface area contributed by atoms with E-state index in [0.29, 0.717) is 24.8 Å². The zero-order chi connectivity index (χ0) is 14.7. The summed E-state index contributed by atoms with van der Waals surface area (Å²) in [4.78, 5) is 25.5. The topological polar surface area (TPSA) is 66.8 Å². The minimum absolute atomic E-state index is 0.00523. The molecular formula is C15H25NO4. The third-order valence-electron chi connectivity index (χ3n) is 4.18. The monoisotopic (exact) mass is 283 g/mol. The quantitative estimate of drug-likeness (QED) is 0.838. The van der Waals surface area contributed by atoms with Gasteiger partial charge in [-0.05, 0) is 31.6 Å². The standard InChI is InChI=1S/C15H25NO4/c1-10(2)9-16(11-5-3-4-6-11)14(17)12-7-8-13(20-12)15(18)19/h10-13H,3-9H2,1-2H3,(H,18,19). The molecule has 0 aromatic carbocycles. The van der Waals surface area contributed by atoms with E-state index in [1.165, 1.54) is 12.8 Å². The van der Waals surface area contributed by atoms with Gasteiger partial charge in [-0.25, -0.2) is 4.79 Å². The van der Waals surface area contributed by atoms with Crippen molar-refractivity contribution in [1.29, 1.82) is 0 Å². The highest BCUT2D eigenvalue weighted by Gasteiger charge is 2.39. The van der Waals surface area contributed by atoms with Crippen LogP contribution in [0.3, 0.4) is 0 Å². The van der Waals surface area contributed by atoms with Crippen molar-refractivity contribution >= 4 is 11.9 Å². The Morgan fingerprint density at radius 2 is 1.75 bits per heavy atom. The van der Waals surface area contributed by atoms with Crippen molar-refractivity contribution in [3.63, 3.8) is 0 Å². The maximum atomic E-state index is 12.6. The lowest BCUT2D eigenvalue weighted by Gasteiger charge is -2.32. The van der Waals surface area contributed by atoms with E-state index in [4.69, 9.17) is 9.84 Å². The average molecular weight is 283 g/mol. The van der Waals surface area contributed by atoms with Crippen molar-refractivity contribution in [2.75, 3.05) is 6.54 Å². The highest BCUT2D eigenvalue weighted by Crippen LogP contribution is 2.28. The van der Waals surface area contributed by atoms with Crippen LogP contribution in [0.5, 0.6) is 0 Å². The molecule has 114 valence electrons. The highest BCUT2D eigenvalue weighted by atomic mass is 16.5. The molecule has 1 aliphatic carbocycles. The van der Waals surface area contributed by atoms with Crippen molar-refractivity contribution in [2.45, 2.75) is 70.6 Å². The van der Waals surface area contributed by atoms with Crippen LogP contribution in [0.1, 0.15) is 52.4 Å². The van der Waals surface area contributed by atoms with E-state index < -0.39 is 18.2 Å². The highest BCUT2D eigenvalue weighted by molar-refractivity contribution is 5.83. The van der Waals surface area contributed by atoms with Crippen LogP contribution in [0, 0.1) is 5.92 Å². The van der Waals surface area contributed by atoms with Gasteiger partial charge in [-0.1, -0.05) is 26.7 Å². The maximum absolute atomic E-state index is 12.6. The van der Waals surface area contributed by atoms with Gasteiger partial charge in [0, 0.05) is 12.6 Å². The summed E-state index contributed by atoms with van der Waals surface area (Å²) in [5.74, 6) is -0.554. The predicted octanol–water partition coefficient (Wildman–Crippen LogP) is 2.05. The molecule has 1 aliphatic heterocycles. The molecule has 0 aromatic rings. The number of aliphatic carboxylic acids is 1. The van der Waals surface area contributed by atoms with Gasteiger partial charge in [-0.2, -0.15) is 0 Å². The number of ether oxygens (including phenoxy) is 1. The summed E-state index contributed by atoms with van der Waals surface area (Å²) in [5.41, 5.74) is 0. The van der Waals surface area contributed by atoms with E-state index in [1.807, 2.05) is 4.90 Å². The third kappa shape index (κ3) is 3.51. The van der Waals surface area contributed by atoms with Crippen LogP contribution in [0.25, 0.3) is 0 Å². The van der Waals surface area contributed by atoms with Crippen LogP contribution in [0.4, 0.5) is 0 Å². The maximum Gasteiger partial charge on any atom is 0.332 e. The number of amides is 1. The van der Waals surface area contributed by atoms with E-state index >= 15 is 0 Å².